The number of benzene rings is 1. The summed E-state index contributed by atoms with van der Waals surface area (Å²) in [4.78, 5) is 31.7. The molecule has 0 radical (unpaired) electrons. The molecule has 1 unspecified atom stereocenters. The van der Waals surface area contributed by atoms with Crippen LogP contribution in [-0.4, -0.2) is 54.4 Å². The molecule has 2 aromatic rings. The molecule has 1 fully saturated rings. The number of piperidine rings is 1. The fourth-order valence-electron chi connectivity index (χ4n) is 3.66. The summed E-state index contributed by atoms with van der Waals surface area (Å²) in [6.45, 7) is 2.45. The van der Waals surface area contributed by atoms with Crippen LogP contribution in [-0.2, 0) is 11.2 Å². The van der Waals surface area contributed by atoms with Crippen molar-refractivity contribution in [3.63, 3.8) is 0 Å². The number of carbonyl (C=O) groups excluding carboxylic acids is 2. The zero-order valence-corrected chi connectivity index (χ0v) is 16.3. The number of nitrogens with one attached hydrogen (secondary N) is 2. The maximum Gasteiger partial charge on any atom is 0.253 e. The van der Waals surface area contributed by atoms with Gasteiger partial charge in [-0.25, -0.2) is 0 Å². The Hall–Kier alpha value is -2.73. The normalized spacial score (nSPS) is 15.8. The lowest BCUT2D eigenvalue weighted by atomic mass is 9.95. The van der Waals surface area contributed by atoms with Crippen molar-refractivity contribution in [1.29, 1.82) is 0 Å². The number of pyridine rings is 1. The molecule has 1 aliphatic heterocycles. The van der Waals surface area contributed by atoms with E-state index in [0.29, 0.717) is 17.9 Å². The second-order valence-electron chi connectivity index (χ2n) is 7.28. The molecule has 1 aromatic heterocycles. The number of carbonyl (C=O) groups is 2. The van der Waals surface area contributed by atoms with Gasteiger partial charge < -0.3 is 15.5 Å². The van der Waals surface area contributed by atoms with Gasteiger partial charge in [-0.3, -0.25) is 14.6 Å². The highest BCUT2D eigenvalue weighted by atomic mass is 16.2. The van der Waals surface area contributed by atoms with Crippen LogP contribution in [0.2, 0.25) is 0 Å². The Morgan fingerprint density at radius 2 is 1.89 bits per heavy atom. The lowest BCUT2D eigenvalue weighted by molar-refractivity contribution is -0.134. The summed E-state index contributed by atoms with van der Waals surface area (Å²) in [5, 5.41) is 6.15. The highest BCUT2D eigenvalue weighted by Crippen LogP contribution is 2.18. The highest BCUT2D eigenvalue weighted by molar-refractivity contribution is 5.97. The van der Waals surface area contributed by atoms with Gasteiger partial charge >= 0.3 is 0 Å². The van der Waals surface area contributed by atoms with Crippen LogP contribution in [0.1, 0.15) is 28.8 Å². The number of amides is 2. The molecule has 2 amide bonds. The topological polar surface area (TPSA) is 74.3 Å². The largest absolute Gasteiger partial charge is 0.341 e. The molecular formula is C22H28N4O2. The molecule has 1 atom stereocenters. The van der Waals surface area contributed by atoms with E-state index in [1.807, 2.05) is 42.3 Å². The van der Waals surface area contributed by atoms with Crippen LogP contribution in [0.25, 0.3) is 0 Å². The third kappa shape index (κ3) is 5.39. The van der Waals surface area contributed by atoms with Gasteiger partial charge in [0.2, 0.25) is 5.91 Å². The van der Waals surface area contributed by atoms with Gasteiger partial charge in [-0.15, -0.1) is 0 Å². The summed E-state index contributed by atoms with van der Waals surface area (Å²) in [7, 11) is 1.96. The molecule has 0 bridgehead atoms. The number of hydrogen-bond donors (Lipinski definition) is 2. The first-order chi connectivity index (χ1) is 13.7. The molecule has 2 heterocycles. The minimum Gasteiger partial charge on any atom is -0.341 e. The molecule has 1 saturated heterocycles. The molecule has 1 aromatic carbocycles. The van der Waals surface area contributed by atoms with Crippen LogP contribution in [0.3, 0.4) is 0 Å². The number of nitrogens with zero attached hydrogens (tertiary/aromatic N) is 2. The van der Waals surface area contributed by atoms with E-state index in [4.69, 9.17) is 0 Å². The van der Waals surface area contributed by atoms with Gasteiger partial charge in [0.25, 0.3) is 5.91 Å². The molecule has 0 aliphatic carbocycles. The van der Waals surface area contributed by atoms with Crippen molar-refractivity contribution in [2.24, 2.45) is 5.92 Å². The third-order valence-corrected chi connectivity index (χ3v) is 5.23. The van der Waals surface area contributed by atoms with Crippen LogP contribution >= 0.6 is 0 Å². The number of likely N-dealkylation sites (tertiary alicyclic amines) is 1. The molecule has 6 heteroatoms. The summed E-state index contributed by atoms with van der Waals surface area (Å²) in [6, 6.07) is 12.6. The first-order valence-electron chi connectivity index (χ1n) is 9.85. The quantitative estimate of drug-likeness (QED) is 0.769. The Morgan fingerprint density at radius 1 is 1.14 bits per heavy atom. The Bertz CT molecular complexity index is 759. The number of rotatable bonds is 7. The smallest absolute Gasteiger partial charge is 0.253 e. The van der Waals surface area contributed by atoms with Gasteiger partial charge in [0.05, 0.1) is 5.56 Å². The van der Waals surface area contributed by atoms with Crippen molar-refractivity contribution >= 4 is 11.8 Å². The van der Waals surface area contributed by atoms with Gasteiger partial charge in [0.15, 0.2) is 0 Å². The third-order valence-electron chi connectivity index (χ3n) is 5.23. The molecule has 148 valence electrons. The molecular weight excluding hydrogens is 352 g/mol. The second-order valence-corrected chi connectivity index (χ2v) is 7.28. The van der Waals surface area contributed by atoms with Gasteiger partial charge in [-0.05, 0) is 50.0 Å². The van der Waals surface area contributed by atoms with Gasteiger partial charge in [-0.1, -0.05) is 30.3 Å². The van der Waals surface area contributed by atoms with E-state index in [2.05, 4.69) is 15.6 Å². The summed E-state index contributed by atoms with van der Waals surface area (Å²) < 4.78 is 0. The van der Waals surface area contributed by atoms with Crippen molar-refractivity contribution in [2.45, 2.75) is 25.3 Å². The Kier molecular flexibility index (Phi) is 7.14. The Morgan fingerprint density at radius 3 is 2.54 bits per heavy atom. The van der Waals surface area contributed by atoms with Gasteiger partial charge in [0, 0.05) is 31.9 Å². The number of aromatic nitrogens is 1. The van der Waals surface area contributed by atoms with Crippen molar-refractivity contribution in [3.8, 4) is 0 Å². The minimum atomic E-state index is -0.587. The van der Waals surface area contributed by atoms with E-state index in [1.54, 1.807) is 18.3 Å². The molecule has 0 spiro atoms. The van der Waals surface area contributed by atoms with E-state index in [-0.39, 0.29) is 11.8 Å². The van der Waals surface area contributed by atoms with Crippen molar-refractivity contribution in [1.82, 2.24) is 20.5 Å². The van der Waals surface area contributed by atoms with Crippen LogP contribution in [0, 0.1) is 5.92 Å². The average Bonchev–Trinajstić information content (AvgIpc) is 2.75. The summed E-state index contributed by atoms with van der Waals surface area (Å²) in [6.07, 6.45) is 5.59. The molecule has 6 nitrogen and oxygen atoms in total. The van der Waals surface area contributed by atoms with E-state index in [0.717, 1.165) is 38.0 Å². The Labute approximate surface area is 166 Å². The summed E-state index contributed by atoms with van der Waals surface area (Å²) in [5.41, 5.74) is 1.48. The zero-order chi connectivity index (χ0) is 19.8. The van der Waals surface area contributed by atoms with Crippen LogP contribution < -0.4 is 10.6 Å². The predicted octanol–water partition coefficient (Wildman–Crippen LogP) is 1.88. The molecule has 28 heavy (non-hydrogen) atoms. The van der Waals surface area contributed by atoms with E-state index >= 15 is 0 Å². The van der Waals surface area contributed by atoms with Crippen LogP contribution in [0.5, 0.6) is 0 Å². The molecule has 0 saturated carbocycles. The minimum absolute atomic E-state index is 0.0102. The Balaban J connectivity index is 1.70. The van der Waals surface area contributed by atoms with Gasteiger partial charge in [0.1, 0.15) is 6.04 Å². The maximum atomic E-state index is 13.2. The molecule has 1 aliphatic rings. The standard InChI is InChI=1S/C22H28N4O2/c1-23-15-18-9-12-26(13-10-18)22(28)20(14-17-6-3-2-4-7-17)25-21(27)19-8-5-11-24-16-19/h2-8,11,16,18,20,23H,9-10,12-15H2,1H3,(H,25,27). The van der Waals surface area contributed by atoms with E-state index in [1.165, 1.54) is 6.20 Å². The average molecular weight is 380 g/mol. The first kappa shape index (κ1) is 20.0. The van der Waals surface area contributed by atoms with E-state index in [9.17, 15) is 9.59 Å². The van der Waals surface area contributed by atoms with Crippen molar-refractivity contribution in [3.05, 3.63) is 66.0 Å². The summed E-state index contributed by atoms with van der Waals surface area (Å²) >= 11 is 0. The number of hydrogen-bond acceptors (Lipinski definition) is 4. The summed E-state index contributed by atoms with van der Waals surface area (Å²) in [5.74, 6) is 0.322. The van der Waals surface area contributed by atoms with E-state index < -0.39 is 6.04 Å². The monoisotopic (exact) mass is 380 g/mol. The fraction of sp³-hybridized carbons (Fsp3) is 0.409. The first-order valence-corrected chi connectivity index (χ1v) is 9.85. The molecule has 3 rings (SSSR count). The lowest BCUT2D eigenvalue weighted by Crippen LogP contribution is -2.52. The molecule has 2 N–H and O–H groups in total. The van der Waals surface area contributed by atoms with Crippen LogP contribution in [0.4, 0.5) is 0 Å². The van der Waals surface area contributed by atoms with Crippen molar-refractivity contribution in [2.75, 3.05) is 26.7 Å². The highest BCUT2D eigenvalue weighted by Gasteiger charge is 2.29. The second kappa shape index (κ2) is 9.99. The SMILES string of the molecule is CNCC1CCN(C(=O)C(Cc2ccccc2)NC(=O)c2cccnc2)CC1. The predicted molar refractivity (Wildman–Crippen MR) is 109 cm³/mol. The van der Waals surface area contributed by atoms with Crippen LogP contribution in [0.15, 0.2) is 54.9 Å². The lowest BCUT2D eigenvalue weighted by Gasteiger charge is -2.34. The maximum absolute atomic E-state index is 13.2. The fourth-order valence-corrected chi connectivity index (χ4v) is 3.66. The van der Waals surface area contributed by atoms with Gasteiger partial charge in [-0.2, -0.15) is 0 Å². The zero-order valence-electron chi connectivity index (χ0n) is 16.3. The van der Waals surface area contributed by atoms with Crippen molar-refractivity contribution < 1.29 is 9.59 Å².